The van der Waals surface area contributed by atoms with Crippen molar-refractivity contribution in [3.8, 4) is 28.8 Å². The first-order valence-corrected chi connectivity index (χ1v) is 9.77. The highest BCUT2D eigenvalue weighted by Crippen LogP contribution is 2.34. The number of aryl methyl sites for hydroxylation is 2. The first kappa shape index (κ1) is 19.4. The number of fused-ring (bicyclic) bond motifs is 7. The third-order valence-electron chi connectivity index (χ3n) is 5.36. The maximum Gasteiger partial charge on any atom is 0.388 e. The molecule has 32 heavy (non-hydrogen) atoms. The van der Waals surface area contributed by atoms with Crippen LogP contribution in [0.25, 0.3) is 16.9 Å². The van der Waals surface area contributed by atoms with Gasteiger partial charge in [0, 0.05) is 18.7 Å². The minimum absolute atomic E-state index is 0.0735. The topological polar surface area (TPSA) is 155 Å². The van der Waals surface area contributed by atoms with E-state index in [-0.39, 0.29) is 18.1 Å². The van der Waals surface area contributed by atoms with Gasteiger partial charge in [-0.1, -0.05) is 22.8 Å². The largest absolute Gasteiger partial charge is 0.482 e. The smallest absolute Gasteiger partial charge is 0.388 e. The number of benzene rings is 1. The summed E-state index contributed by atoms with van der Waals surface area (Å²) < 4.78 is 8.98. The molecule has 1 atom stereocenters. The van der Waals surface area contributed by atoms with Crippen molar-refractivity contribution in [3.63, 3.8) is 0 Å². The molecule has 0 saturated carbocycles. The number of tetrazole rings is 1. The summed E-state index contributed by atoms with van der Waals surface area (Å²) in [4.78, 5) is 14.1. The van der Waals surface area contributed by atoms with Gasteiger partial charge < -0.3 is 10.5 Å². The number of aromatic nitrogens is 8. The van der Waals surface area contributed by atoms with Gasteiger partial charge in [-0.3, -0.25) is 4.68 Å². The Hall–Kier alpha value is -4.53. The number of hydrogen-bond acceptors (Lipinski definition) is 9. The number of hydrogen-bond donors (Lipinski definition) is 1. The lowest BCUT2D eigenvalue weighted by Crippen LogP contribution is -2.25. The fourth-order valence-electron chi connectivity index (χ4n) is 3.87. The zero-order valence-corrected chi connectivity index (χ0v) is 17.5. The van der Waals surface area contributed by atoms with Crippen LogP contribution in [0.15, 0.2) is 29.1 Å². The molecule has 0 unspecified atom stereocenters. The maximum absolute atomic E-state index is 12.7. The van der Waals surface area contributed by atoms with Crippen LogP contribution in [0.5, 0.6) is 5.75 Å². The van der Waals surface area contributed by atoms with Crippen LogP contribution in [0.1, 0.15) is 35.5 Å². The minimum atomic E-state index is -0.546. The summed E-state index contributed by atoms with van der Waals surface area (Å²) >= 11 is 0. The van der Waals surface area contributed by atoms with Gasteiger partial charge in [0.1, 0.15) is 30.1 Å². The van der Waals surface area contributed by atoms with E-state index < -0.39 is 11.8 Å². The summed E-state index contributed by atoms with van der Waals surface area (Å²) in [6, 6.07) is 9.43. The van der Waals surface area contributed by atoms with Crippen molar-refractivity contribution in [2.24, 2.45) is 7.05 Å². The van der Waals surface area contributed by atoms with Crippen LogP contribution in [0.3, 0.4) is 0 Å². The molecule has 2 N–H and O–H groups in total. The summed E-state index contributed by atoms with van der Waals surface area (Å²) in [7, 11) is 1.65. The third kappa shape index (κ3) is 2.90. The number of rotatable bonds is 0. The predicted molar refractivity (Wildman–Crippen MR) is 112 cm³/mol. The zero-order valence-electron chi connectivity index (χ0n) is 17.5. The molecule has 5 rings (SSSR count). The van der Waals surface area contributed by atoms with Gasteiger partial charge in [-0.05, 0) is 25.1 Å². The Morgan fingerprint density at radius 3 is 2.84 bits per heavy atom. The number of nitriles is 1. The summed E-state index contributed by atoms with van der Waals surface area (Å²) in [5, 5.41) is 30.2. The minimum Gasteiger partial charge on any atom is -0.482 e. The molecule has 2 bridgehead atoms. The summed E-state index contributed by atoms with van der Waals surface area (Å²) in [6.07, 6.45) is -0.497. The molecule has 0 spiro atoms. The highest BCUT2D eigenvalue weighted by atomic mass is 16.5. The molecule has 12 nitrogen and oxygen atoms in total. The molecule has 160 valence electrons. The predicted octanol–water partition coefficient (Wildman–Crippen LogP) is 0.883. The van der Waals surface area contributed by atoms with E-state index in [1.54, 1.807) is 13.1 Å². The first-order chi connectivity index (χ1) is 15.4. The Kier molecular flexibility index (Phi) is 4.26. The average Bonchev–Trinajstić information content (AvgIpc) is 3.27. The number of nitrogens with two attached hydrogens (primary N) is 1. The van der Waals surface area contributed by atoms with Crippen LogP contribution < -0.4 is 16.2 Å². The second-order valence-corrected chi connectivity index (χ2v) is 7.52. The van der Waals surface area contributed by atoms with E-state index in [1.807, 2.05) is 32.0 Å². The average molecular weight is 430 g/mol. The molecule has 1 aliphatic rings. The normalized spacial score (nSPS) is 14.8. The van der Waals surface area contributed by atoms with E-state index in [9.17, 15) is 10.1 Å². The second kappa shape index (κ2) is 7.02. The van der Waals surface area contributed by atoms with Crippen LogP contribution in [-0.2, 0) is 13.6 Å². The lowest BCUT2D eigenvalue weighted by molar-refractivity contribution is 0.226. The van der Waals surface area contributed by atoms with Gasteiger partial charge in [0.05, 0.1) is 16.9 Å². The Balaban J connectivity index is 1.86. The number of nitrogens with zero attached hydrogens (tertiary/aromatic N) is 9. The van der Waals surface area contributed by atoms with Gasteiger partial charge in [0.2, 0.25) is 0 Å². The van der Waals surface area contributed by atoms with E-state index in [0.29, 0.717) is 28.4 Å². The van der Waals surface area contributed by atoms with Crippen LogP contribution in [-0.4, -0.2) is 39.8 Å². The molecule has 0 fully saturated rings. The third-order valence-corrected chi connectivity index (χ3v) is 5.36. The summed E-state index contributed by atoms with van der Waals surface area (Å²) in [6.45, 7) is 3.87. The number of ether oxygens (including phenoxy) is 1. The molecule has 4 aromatic rings. The molecule has 0 amide bonds. The highest BCUT2D eigenvalue weighted by Gasteiger charge is 2.26. The molecule has 3 aromatic heterocycles. The van der Waals surface area contributed by atoms with Crippen molar-refractivity contribution in [2.75, 3.05) is 5.73 Å². The first-order valence-electron chi connectivity index (χ1n) is 9.77. The second-order valence-electron chi connectivity index (χ2n) is 7.52. The Labute approximate surface area is 181 Å². The van der Waals surface area contributed by atoms with E-state index in [0.717, 1.165) is 11.1 Å². The summed E-state index contributed by atoms with van der Waals surface area (Å²) in [5.74, 6) is 0.424. The van der Waals surface area contributed by atoms with Crippen LogP contribution >= 0.6 is 0 Å². The molecule has 1 aromatic carbocycles. The molecule has 0 radical (unpaired) electrons. The van der Waals surface area contributed by atoms with Crippen molar-refractivity contribution in [1.82, 2.24) is 39.8 Å². The van der Waals surface area contributed by atoms with Crippen LogP contribution in [0.4, 0.5) is 5.82 Å². The van der Waals surface area contributed by atoms with Gasteiger partial charge in [-0.25, -0.2) is 4.79 Å². The van der Waals surface area contributed by atoms with Crippen molar-refractivity contribution >= 4 is 5.82 Å². The monoisotopic (exact) mass is 430 g/mol. The van der Waals surface area contributed by atoms with Gasteiger partial charge in [-0.2, -0.15) is 19.8 Å². The van der Waals surface area contributed by atoms with Gasteiger partial charge in [0.15, 0.2) is 11.6 Å². The van der Waals surface area contributed by atoms with Crippen LogP contribution in [0, 0.1) is 18.3 Å². The van der Waals surface area contributed by atoms with Crippen LogP contribution in [0.2, 0.25) is 0 Å². The summed E-state index contributed by atoms with van der Waals surface area (Å²) in [5.41, 5.74) is 9.38. The quantitative estimate of drug-likeness (QED) is 0.428. The molecule has 1 aliphatic heterocycles. The van der Waals surface area contributed by atoms with E-state index >= 15 is 0 Å². The lowest BCUT2D eigenvalue weighted by atomic mass is 10.0. The van der Waals surface area contributed by atoms with E-state index in [4.69, 9.17) is 10.5 Å². The van der Waals surface area contributed by atoms with E-state index in [1.165, 1.54) is 14.2 Å². The molecular weight excluding hydrogens is 412 g/mol. The van der Waals surface area contributed by atoms with E-state index in [2.05, 4.69) is 31.7 Å². The highest BCUT2D eigenvalue weighted by molar-refractivity contribution is 5.70. The zero-order chi connectivity index (χ0) is 22.6. The standard InChI is InChI=1S/C20H18N10O2/c1-10-4-5-15-12(6-10)11(2)32-17-7-13(23-24-19(17)22)18-14(26-28(3)16(18)8-21)9-29-27-25-20(31)30(15)29/h4-7,11H,9H2,1-3H3,(H2,22,24)/t11-/m1/s1. The Bertz CT molecular complexity index is 1470. The Morgan fingerprint density at radius 2 is 2.06 bits per heavy atom. The van der Waals surface area contributed by atoms with Crippen molar-refractivity contribution < 1.29 is 4.74 Å². The number of anilines is 1. The van der Waals surface area contributed by atoms with Crippen molar-refractivity contribution in [1.29, 1.82) is 5.26 Å². The molecule has 0 aliphatic carbocycles. The SMILES string of the molecule is Cc1ccc2c(c1)[C@@H](C)Oc1cc(nnc1N)-c1c(nn(C)c1C#N)Cn1nnc(=O)n1-2. The van der Waals surface area contributed by atoms with Gasteiger partial charge in [0.25, 0.3) is 0 Å². The number of nitrogen functional groups attached to an aromatic ring is 1. The molecule has 4 heterocycles. The van der Waals surface area contributed by atoms with Crippen molar-refractivity contribution in [3.05, 3.63) is 57.3 Å². The fraction of sp³-hybridized carbons (Fsp3) is 0.250. The van der Waals surface area contributed by atoms with Crippen molar-refractivity contribution in [2.45, 2.75) is 26.5 Å². The molecule has 0 saturated heterocycles. The molecule has 12 heteroatoms. The molecular formula is C20H18N10O2. The fourth-order valence-corrected chi connectivity index (χ4v) is 3.87. The van der Waals surface area contributed by atoms with Gasteiger partial charge in [-0.15, -0.1) is 10.2 Å². The van der Waals surface area contributed by atoms with Gasteiger partial charge >= 0.3 is 5.69 Å². The maximum atomic E-state index is 12.7. The Morgan fingerprint density at radius 1 is 1.25 bits per heavy atom. The lowest BCUT2D eigenvalue weighted by Gasteiger charge is -2.21.